The fraction of sp³-hybridized carbons (Fsp3) is 0.0556. The number of hydrogen-bond acceptors (Lipinski definition) is 7. The molecule has 0 saturated carbocycles. The number of H-pyrrole nitrogens is 1. The molecule has 3 rings (SSSR count). The zero-order valence-corrected chi connectivity index (χ0v) is 16.3. The summed E-state index contributed by atoms with van der Waals surface area (Å²) in [4.78, 5) is 34.0. The number of nitro groups is 1. The van der Waals surface area contributed by atoms with E-state index in [9.17, 15) is 19.7 Å². The zero-order valence-electron chi connectivity index (χ0n) is 15.5. The minimum Gasteiger partial charge on any atom is -0.374 e. The van der Waals surface area contributed by atoms with Crippen molar-refractivity contribution in [3.63, 3.8) is 0 Å². The molecule has 0 radical (unpaired) electrons. The molecule has 152 valence electrons. The minimum absolute atomic E-state index is 0.0670. The number of rotatable bonds is 5. The normalized spacial score (nSPS) is 10.8. The van der Waals surface area contributed by atoms with Crippen LogP contribution in [0.4, 0.5) is 22.7 Å². The molecule has 0 unspecified atom stereocenters. The minimum atomic E-state index is -0.616. The van der Waals surface area contributed by atoms with E-state index < -0.39 is 10.5 Å². The molecule has 2 aromatic carbocycles. The fourth-order valence-corrected chi connectivity index (χ4v) is 2.68. The third-order valence-corrected chi connectivity index (χ3v) is 4.09. The van der Waals surface area contributed by atoms with Crippen LogP contribution in [0.5, 0.6) is 0 Å². The average molecular weight is 425 g/mol. The third kappa shape index (κ3) is 4.44. The highest BCUT2D eigenvalue weighted by molar-refractivity contribution is 7.80. The Morgan fingerprint density at radius 1 is 1.17 bits per heavy atom. The number of non-ortho nitro benzene ring substituents is 1. The van der Waals surface area contributed by atoms with Gasteiger partial charge in [-0.3, -0.25) is 24.8 Å². The molecule has 0 aliphatic heterocycles. The van der Waals surface area contributed by atoms with Crippen molar-refractivity contribution < 1.29 is 9.72 Å². The van der Waals surface area contributed by atoms with Gasteiger partial charge in [-0.15, -0.1) is 5.11 Å². The summed E-state index contributed by atoms with van der Waals surface area (Å²) in [5, 5.41) is 24.1. The monoisotopic (exact) mass is 425 g/mol. The maximum atomic E-state index is 12.6. The summed E-state index contributed by atoms with van der Waals surface area (Å²) >= 11 is 4.87. The van der Waals surface area contributed by atoms with Gasteiger partial charge in [-0.05, 0) is 48.6 Å². The van der Waals surface area contributed by atoms with Gasteiger partial charge in [0.15, 0.2) is 10.8 Å². The topological polar surface area (TPSA) is 161 Å². The van der Waals surface area contributed by atoms with Gasteiger partial charge in [-0.1, -0.05) is 0 Å². The first-order valence-electron chi connectivity index (χ1n) is 8.45. The number of nitrogens with zero attached hydrogens (tertiary/aromatic N) is 4. The molecule has 12 heteroatoms. The van der Waals surface area contributed by atoms with E-state index in [2.05, 4.69) is 20.6 Å². The predicted octanol–water partition coefficient (Wildman–Crippen LogP) is 3.22. The Kier molecular flexibility index (Phi) is 5.78. The van der Waals surface area contributed by atoms with Gasteiger partial charge in [-0.25, -0.2) is 0 Å². The van der Waals surface area contributed by atoms with Gasteiger partial charge in [0.25, 0.3) is 5.69 Å². The standard InChI is InChI=1S/C18H15N7O4S/c1-10(26)20-12-4-6-13(7-5-12)21-22-16-15(23-24(17(16)27)18(19)30)11-2-8-14(9-3-11)25(28)29/h2-9,23H,1H3,(H2,19,30)(H,20,26). The van der Waals surface area contributed by atoms with Crippen LogP contribution in [-0.2, 0) is 4.79 Å². The summed E-state index contributed by atoms with van der Waals surface area (Å²) in [6, 6.07) is 12.0. The first kappa shape index (κ1) is 20.5. The summed E-state index contributed by atoms with van der Waals surface area (Å²) in [5.41, 5.74) is 6.52. The lowest BCUT2D eigenvalue weighted by atomic mass is 10.1. The maximum absolute atomic E-state index is 12.6. The van der Waals surface area contributed by atoms with E-state index >= 15 is 0 Å². The average Bonchev–Trinajstić information content (AvgIpc) is 3.03. The molecule has 4 N–H and O–H groups in total. The number of benzene rings is 2. The number of carbonyl (C=O) groups is 1. The number of nitro benzene ring substituents is 1. The van der Waals surface area contributed by atoms with Crippen LogP contribution in [0, 0.1) is 10.1 Å². The van der Waals surface area contributed by atoms with E-state index in [-0.39, 0.29) is 28.1 Å². The van der Waals surface area contributed by atoms with E-state index in [1.54, 1.807) is 24.3 Å². The molecule has 30 heavy (non-hydrogen) atoms. The Morgan fingerprint density at radius 3 is 2.33 bits per heavy atom. The lowest BCUT2D eigenvalue weighted by Gasteiger charge is -2.01. The van der Waals surface area contributed by atoms with Crippen molar-refractivity contribution in [1.82, 2.24) is 9.78 Å². The molecule has 0 aliphatic rings. The molecule has 3 aromatic rings. The van der Waals surface area contributed by atoms with Crippen LogP contribution in [0.2, 0.25) is 0 Å². The number of azo groups is 1. The molecular weight excluding hydrogens is 410 g/mol. The molecule has 0 spiro atoms. The summed E-state index contributed by atoms with van der Waals surface area (Å²) in [6.45, 7) is 1.39. The summed E-state index contributed by atoms with van der Waals surface area (Å²) in [6.07, 6.45) is 0. The molecule has 1 amide bonds. The summed E-state index contributed by atoms with van der Waals surface area (Å²) < 4.78 is 0.931. The van der Waals surface area contributed by atoms with Gasteiger partial charge in [0, 0.05) is 30.3 Å². The first-order valence-corrected chi connectivity index (χ1v) is 8.86. The van der Waals surface area contributed by atoms with Crippen LogP contribution < -0.4 is 16.6 Å². The molecule has 1 aromatic heterocycles. The van der Waals surface area contributed by atoms with Gasteiger partial charge in [-0.2, -0.15) is 9.80 Å². The Bertz CT molecular complexity index is 1210. The van der Waals surface area contributed by atoms with Crippen molar-refractivity contribution >= 4 is 46.0 Å². The Hall–Kier alpha value is -4.19. The summed E-state index contributed by atoms with van der Waals surface area (Å²) in [5.74, 6) is -0.206. The van der Waals surface area contributed by atoms with Gasteiger partial charge >= 0.3 is 5.56 Å². The van der Waals surface area contributed by atoms with E-state index in [1.165, 1.54) is 31.2 Å². The van der Waals surface area contributed by atoms with Gasteiger partial charge in [0.05, 0.1) is 16.3 Å². The number of hydrogen-bond donors (Lipinski definition) is 3. The Balaban J connectivity index is 2.00. The lowest BCUT2D eigenvalue weighted by molar-refractivity contribution is -0.384. The largest absolute Gasteiger partial charge is 0.374 e. The van der Waals surface area contributed by atoms with E-state index in [4.69, 9.17) is 18.0 Å². The van der Waals surface area contributed by atoms with Crippen LogP contribution in [0.15, 0.2) is 63.6 Å². The lowest BCUT2D eigenvalue weighted by Crippen LogP contribution is -2.29. The predicted molar refractivity (Wildman–Crippen MR) is 114 cm³/mol. The molecule has 0 saturated heterocycles. The molecule has 11 nitrogen and oxygen atoms in total. The second-order valence-electron chi connectivity index (χ2n) is 6.05. The highest BCUT2D eigenvalue weighted by Gasteiger charge is 2.18. The highest BCUT2D eigenvalue weighted by Crippen LogP contribution is 2.29. The van der Waals surface area contributed by atoms with Crippen LogP contribution in [0.25, 0.3) is 11.3 Å². The smallest absolute Gasteiger partial charge is 0.301 e. The molecule has 0 bridgehead atoms. The van der Waals surface area contributed by atoms with Crippen LogP contribution in [0.3, 0.4) is 0 Å². The van der Waals surface area contributed by atoms with Gasteiger partial charge < -0.3 is 11.1 Å². The first-order chi connectivity index (χ1) is 14.3. The third-order valence-electron chi connectivity index (χ3n) is 3.91. The van der Waals surface area contributed by atoms with Crippen molar-refractivity contribution in [3.05, 3.63) is 69.0 Å². The number of thiocarbonyl (C=S) groups is 1. The van der Waals surface area contributed by atoms with Crippen LogP contribution >= 0.6 is 12.2 Å². The van der Waals surface area contributed by atoms with Crippen molar-refractivity contribution in [2.24, 2.45) is 16.0 Å². The van der Waals surface area contributed by atoms with Gasteiger partial charge in [0.2, 0.25) is 5.91 Å². The number of aromatic nitrogens is 2. The number of nitrogens with one attached hydrogen (secondary N) is 2. The molecule has 1 heterocycles. The quantitative estimate of drug-likeness (QED) is 0.246. The molecule has 0 atom stereocenters. The SMILES string of the molecule is CC(=O)Nc1ccc(N=Nc2c(-c3ccc([N+](=O)[O-])cc3)[nH]n(C(N)=S)c2=O)cc1. The number of nitrogens with two attached hydrogens (primary N) is 1. The molecule has 0 aliphatic carbocycles. The van der Waals surface area contributed by atoms with Crippen LogP contribution in [-0.4, -0.2) is 25.7 Å². The maximum Gasteiger partial charge on any atom is 0.301 e. The number of amides is 1. The van der Waals surface area contributed by atoms with Crippen molar-refractivity contribution in [3.8, 4) is 11.3 Å². The van der Waals surface area contributed by atoms with Crippen molar-refractivity contribution in [2.75, 3.05) is 5.32 Å². The highest BCUT2D eigenvalue weighted by atomic mass is 32.1. The zero-order chi connectivity index (χ0) is 21.8. The fourth-order valence-electron chi connectivity index (χ4n) is 2.55. The van der Waals surface area contributed by atoms with E-state index in [0.717, 1.165) is 4.68 Å². The number of carbonyl (C=O) groups excluding carboxylic acids is 1. The van der Waals surface area contributed by atoms with E-state index in [1.807, 2.05) is 0 Å². The van der Waals surface area contributed by atoms with Crippen molar-refractivity contribution in [2.45, 2.75) is 6.92 Å². The summed E-state index contributed by atoms with van der Waals surface area (Å²) in [7, 11) is 0. The van der Waals surface area contributed by atoms with Crippen molar-refractivity contribution in [1.29, 1.82) is 0 Å². The Labute approximate surface area is 174 Å². The molecule has 0 fully saturated rings. The van der Waals surface area contributed by atoms with E-state index in [0.29, 0.717) is 16.9 Å². The second-order valence-corrected chi connectivity index (χ2v) is 6.46. The second kappa shape index (κ2) is 8.45. The van der Waals surface area contributed by atoms with Crippen LogP contribution in [0.1, 0.15) is 6.92 Å². The van der Waals surface area contributed by atoms with Gasteiger partial charge in [0.1, 0.15) is 0 Å². The Morgan fingerprint density at radius 2 is 1.80 bits per heavy atom. The number of aromatic amines is 1. The number of anilines is 1. The molecular formula is C18H15N7O4S.